The molecule has 0 aliphatic heterocycles. The first kappa shape index (κ1) is 17.7. The van der Waals surface area contributed by atoms with Crippen LogP contribution in [0, 0.1) is 0 Å². The maximum atomic E-state index is 12.8. The molecule has 0 atom stereocenters. The molecule has 1 fully saturated rings. The first-order valence-corrected chi connectivity index (χ1v) is 9.84. The lowest BCUT2D eigenvalue weighted by Crippen LogP contribution is -2.29. The second-order valence-corrected chi connectivity index (χ2v) is 7.44. The van der Waals surface area contributed by atoms with Gasteiger partial charge in [0.05, 0.1) is 17.4 Å². The van der Waals surface area contributed by atoms with Gasteiger partial charge in [-0.1, -0.05) is 25.3 Å². The second kappa shape index (κ2) is 7.91. The Balaban J connectivity index is 1.47. The number of fused-ring (bicyclic) bond motifs is 1. The molecule has 0 bridgehead atoms. The highest BCUT2D eigenvalue weighted by atomic mass is 16.2. The average molecular weight is 362 g/mol. The van der Waals surface area contributed by atoms with Gasteiger partial charge < -0.3 is 9.47 Å². The molecule has 27 heavy (non-hydrogen) atoms. The van der Waals surface area contributed by atoms with Gasteiger partial charge in [0.2, 0.25) is 0 Å². The highest BCUT2D eigenvalue weighted by Crippen LogP contribution is 2.31. The van der Waals surface area contributed by atoms with E-state index in [0.29, 0.717) is 18.2 Å². The zero-order chi connectivity index (χ0) is 18.6. The number of aromatic nitrogens is 3. The molecule has 2 aromatic heterocycles. The fourth-order valence-electron chi connectivity index (χ4n) is 3.97. The summed E-state index contributed by atoms with van der Waals surface area (Å²) in [5.41, 5.74) is 3.73. The Morgan fingerprint density at radius 1 is 1.15 bits per heavy atom. The third-order valence-electron chi connectivity index (χ3n) is 5.57. The fourth-order valence-corrected chi connectivity index (χ4v) is 3.97. The van der Waals surface area contributed by atoms with Crippen LogP contribution >= 0.6 is 0 Å². The lowest BCUT2D eigenvalue weighted by molar-refractivity contribution is 0.0796. The van der Waals surface area contributed by atoms with E-state index >= 15 is 0 Å². The molecule has 2 heterocycles. The van der Waals surface area contributed by atoms with Crippen molar-refractivity contribution in [2.45, 2.75) is 44.6 Å². The van der Waals surface area contributed by atoms with Gasteiger partial charge in [-0.25, -0.2) is 4.98 Å². The smallest absolute Gasteiger partial charge is 0.253 e. The molecular weight excluding hydrogens is 336 g/mol. The Kier molecular flexibility index (Phi) is 5.19. The Labute approximate surface area is 160 Å². The predicted octanol–water partition coefficient (Wildman–Crippen LogP) is 4.25. The quantitative estimate of drug-likeness (QED) is 0.682. The summed E-state index contributed by atoms with van der Waals surface area (Å²) in [6.07, 6.45) is 10.9. The minimum atomic E-state index is 0.0278. The van der Waals surface area contributed by atoms with Crippen LogP contribution in [-0.4, -0.2) is 38.9 Å². The summed E-state index contributed by atoms with van der Waals surface area (Å²) in [5, 5.41) is 0. The zero-order valence-corrected chi connectivity index (χ0v) is 15.8. The maximum Gasteiger partial charge on any atom is 0.253 e. The van der Waals surface area contributed by atoms with Crippen molar-refractivity contribution in [1.29, 1.82) is 0 Å². The molecule has 1 saturated carbocycles. The van der Waals surface area contributed by atoms with E-state index in [9.17, 15) is 4.79 Å². The van der Waals surface area contributed by atoms with Gasteiger partial charge in [0, 0.05) is 43.5 Å². The molecule has 1 amide bonds. The van der Waals surface area contributed by atoms with E-state index in [0.717, 1.165) is 23.1 Å². The van der Waals surface area contributed by atoms with Gasteiger partial charge in [0.1, 0.15) is 0 Å². The number of carbonyl (C=O) groups is 1. The van der Waals surface area contributed by atoms with Crippen molar-refractivity contribution in [2.75, 3.05) is 13.6 Å². The molecule has 4 rings (SSSR count). The van der Waals surface area contributed by atoms with Crippen molar-refractivity contribution in [3.05, 3.63) is 60.2 Å². The summed E-state index contributed by atoms with van der Waals surface area (Å²) in [7, 11) is 1.84. The minimum Gasteiger partial charge on any atom is -0.341 e. The normalized spacial score (nSPS) is 15.1. The van der Waals surface area contributed by atoms with Crippen LogP contribution in [0.1, 0.15) is 54.2 Å². The molecule has 0 spiro atoms. The lowest BCUT2D eigenvalue weighted by Gasteiger charge is -2.23. The molecule has 3 aromatic rings. The Hall–Kier alpha value is -2.69. The summed E-state index contributed by atoms with van der Waals surface area (Å²) in [6, 6.07) is 12.3. The molecule has 0 N–H and O–H groups in total. The summed E-state index contributed by atoms with van der Waals surface area (Å²) in [4.78, 5) is 23.4. The molecular formula is C22H26N4O. The number of hydrogen-bond acceptors (Lipinski definition) is 3. The van der Waals surface area contributed by atoms with Crippen LogP contribution < -0.4 is 0 Å². The van der Waals surface area contributed by atoms with Crippen molar-refractivity contribution >= 4 is 16.9 Å². The molecule has 0 radical (unpaired) electrons. The third-order valence-corrected chi connectivity index (χ3v) is 5.57. The Bertz CT molecular complexity index is 912. The SMILES string of the molecule is CN(CCc1ccccn1)C(=O)c1ccc2c(c1)ncn2C1CCCCC1. The van der Waals surface area contributed by atoms with Gasteiger partial charge >= 0.3 is 0 Å². The van der Waals surface area contributed by atoms with Crippen molar-refractivity contribution in [1.82, 2.24) is 19.4 Å². The van der Waals surface area contributed by atoms with E-state index < -0.39 is 0 Å². The van der Waals surface area contributed by atoms with Crippen molar-refractivity contribution in [2.24, 2.45) is 0 Å². The number of nitrogens with zero attached hydrogens (tertiary/aromatic N) is 4. The van der Waals surface area contributed by atoms with Gasteiger partial charge in [-0.2, -0.15) is 0 Å². The molecule has 0 saturated heterocycles. The maximum absolute atomic E-state index is 12.8. The standard InChI is InChI=1S/C22H26N4O/c1-25(14-12-18-7-5-6-13-23-18)22(27)17-10-11-21-20(15-17)24-16-26(21)19-8-3-2-4-9-19/h5-7,10-11,13,15-16,19H,2-4,8-9,12,14H2,1H3. The van der Waals surface area contributed by atoms with Crippen LogP contribution in [0.15, 0.2) is 48.9 Å². The van der Waals surface area contributed by atoms with Crippen LogP contribution in [-0.2, 0) is 6.42 Å². The van der Waals surface area contributed by atoms with Gasteiger partial charge in [-0.3, -0.25) is 9.78 Å². The lowest BCUT2D eigenvalue weighted by atomic mass is 9.95. The number of benzene rings is 1. The van der Waals surface area contributed by atoms with Gasteiger partial charge in [-0.15, -0.1) is 0 Å². The number of pyridine rings is 1. The Morgan fingerprint density at radius 3 is 2.78 bits per heavy atom. The predicted molar refractivity (Wildman–Crippen MR) is 107 cm³/mol. The number of amides is 1. The highest BCUT2D eigenvalue weighted by molar-refractivity contribution is 5.97. The fraction of sp³-hybridized carbons (Fsp3) is 0.409. The number of rotatable bonds is 5. The monoisotopic (exact) mass is 362 g/mol. The van der Waals surface area contributed by atoms with Crippen LogP contribution in [0.5, 0.6) is 0 Å². The van der Waals surface area contributed by atoms with Crippen LogP contribution in [0.4, 0.5) is 0 Å². The molecule has 5 nitrogen and oxygen atoms in total. The minimum absolute atomic E-state index is 0.0278. The molecule has 140 valence electrons. The van der Waals surface area contributed by atoms with Crippen LogP contribution in [0.25, 0.3) is 11.0 Å². The Morgan fingerprint density at radius 2 is 2.00 bits per heavy atom. The van der Waals surface area contributed by atoms with E-state index in [-0.39, 0.29) is 5.91 Å². The first-order chi connectivity index (χ1) is 13.2. The van der Waals surface area contributed by atoms with E-state index in [4.69, 9.17) is 0 Å². The van der Waals surface area contributed by atoms with E-state index in [1.807, 2.05) is 43.7 Å². The number of hydrogen-bond donors (Lipinski definition) is 0. The zero-order valence-electron chi connectivity index (χ0n) is 15.8. The van der Waals surface area contributed by atoms with Crippen LogP contribution in [0.3, 0.4) is 0 Å². The topological polar surface area (TPSA) is 51.0 Å². The third kappa shape index (κ3) is 3.87. The van der Waals surface area contributed by atoms with E-state index in [2.05, 4.69) is 20.6 Å². The molecule has 0 unspecified atom stereocenters. The molecule has 1 aliphatic carbocycles. The van der Waals surface area contributed by atoms with Gasteiger partial charge in [-0.05, 0) is 43.2 Å². The molecule has 1 aromatic carbocycles. The van der Waals surface area contributed by atoms with Crippen LogP contribution in [0.2, 0.25) is 0 Å². The van der Waals surface area contributed by atoms with Crippen molar-refractivity contribution < 1.29 is 4.79 Å². The molecule has 5 heteroatoms. The van der Waals surface area contributed by atoms with E-state index in [1.54, 1.807) is 11.1 Å². The summed E-state index contributed by atoms with van der Waals surface area (Å²) < 4.78 is 2.30. The summed E-state index contributed by atoms with van der Waals surface area (Å²) in [5.74, 6) is 0.0278. The number of likely N-dealkylation sites (N-methyl/N-ethyl adjacent to an activating group) is 1. The molecule has 1 aliphatic rings. The van der Waals surface area contributed by atoms with Gasteiger partial charge in [0.15, 0.2) is 0 Å². The average Bonchev–Trinajstić information content (AvgIpc) is 3.16. The van der Waals surface area contributed by atoms with E-state index in [1.165, 1.54) is 32.1 Å². The summed E-state index contributed by atoms with van der Waals surface area (Å²) >= 11 is 0. The number of carbonyl (C=O) groups excluding carboxylic acids is 1. The summed E-state index contributed by atoms with van der Waals surface area (Å²) in [6.45, 7) is 0.643. The largest absolute Gasteiger partial charge is 0.341 e. The first-order valence-electron chi connectivity index (χ1n) is 9.84. The van der Waals surface area contributed by atoms with Crippen molar-refractivity contribution in [3.8, 4) is 0 Å². The number of imidazole rings is 1. The van der Waals surface area contributed by atoms with Gasteiger partial charge in [0.25, 0.3) is 5.91 Å². The van der Waals surface area contributed by atoms with Crippen molar-refractivity contribution in [3.63, 3.8) is 0 Å². The highest BCUT2D eigenvalue weighted by Gasteiger charge is 2.19. The second-order valence-electron chi connectivity index (χ2n) is 7.44.